The van der Waals surface area contributed by atoms with Crippen LogP contribution in [0.3, 0.4) is 0 Å². The lowest BCUT2D eigenvalue weighted by atomic mass is 10.0. The summed E-state index contributed by atoms with van der Waals surface area (Å²) in [6, 6.07) is 4.69. The van der Waals surface area contributed by atoms with Crippen LogP contribution in [0.1, 0.15) is 40.0 Å². The molecule has 0 fully saturated rings. The first kappa shape index (κ1) is 17.5. The molecule has 0 aromatic heterocycles. The highest BCUT2D eigenvalue weighted by Gasteiger charge is 2.19. The minimum Gasteiger partial charge on any atom is -0.398 e. The molecule has 114 valence electrons. The predicted molar refractivity (Wildman–Crippen MR) is 87.0 cm³/mol. The Kier molecular flexibility index (Phi) is 6.48. The van der Waals surface area contributed by atoms with Crippen molar-refractivity contribution in [1.82, 2.24) is 4.72 Å². The highest BCUT2D eigenvalue weighted by molar-refractivity contribution is 9.10. The van der Waals surface area contributed by atoms with Crippen molar-refractivity contribution >= 4 is 31.6 Å². The Morgan fingerprint density at radius 2 is 1.90 bits per heavy atom. The molecule has 0 aliphatic heterocycles. The van der Waals surface area contributed by atoms with Crippen LogP contribution in [0.15, 0.2) is 27.6 Å². The number of rotatable bonds is 7. The van der Waals surface area contributed by atoms with Gasteiger partial charge in [-0.1, -0.05) is 42.6 Å². The molecule has 0 radical (unpaired) electrons. The summed E-state index contributed by atoms with van der Waals surface area (Å²) in [5.74, 6) is 0.640. The maximum atomic E-state index is 12.3. The Hall–Kier alpha value is -0.590. The first-order chi connectivity index (χ1) is 9.22. The Bertz CT molecular complexity index is 544. The van der Waals surface area contributed by atoms with E-state index in [1.807, 2.05) is 6.92 Å². The van der Waals surface area contributed by atoms with Crippen LogP contribution in [0.2, 0.25) is 0 Å². The average Bonchev–Trinajstić information content (AvgIpc) is 2.26. The molecule has 1 atom stereocenters. The highest BCUT2D eigenvalue weighted by Crippen LogP contribution is 2.23. The molecule has 0 heterocycles. The predicted octanol–water partition coefficient (Wildman–Crippen LogP) is 3.52. The van der Waals surface area contributed by atoms with E-state index in [-0.39, 0.29) is 16.6 Å². The van der Waals surface area contributed by atoms with Crippen LogP contribution >= 0.6 is 15.9 Å². The Morgan fingerprint density at radius 3 is 2.45 bits per heavy atom. The summed E-state index contributed by atoms with van der Waals surface area (Å²) >= 11 is 3.27. The number of nitrogens with two attached hydrogens (primary N) is 1. The van der Waals surface area contributed by atoms with Gasteiger partial charge in [0, 0.05) is 10.5 Å². The monoisotopic (exact) mass is 362 g/mol. The van der Waals surface area contributed by atoms with Crippen molar-refractivity contribution in [2.45, 2.75) is 51.0 Å². The SMILES string of the molecule is CC(C)CCCC(C)NS(=O)(=O)c1ccc(Br)cc1N. The highest BCUT2D eigenvalue weighted by atomic mass is 79.9. The van der Waals surface area contributed by atoms with Crippen LogP contribution in [0.5, 0.6) is 0 Å². The third-order valence-electron chi connectivity index (χ3n) is 3.04. The maximum Gasteiger partial charge on any atom is 0.242 e. The van der Waals surface area contributed by atoms with Crippen LogP contribution in [-0.4, -0.2) is 14.5 Å². The van der Waals surface area contributed by atoms with Gasteiger partial charge in [-0.3, -0.25) is 0 Å². The first-order valence-electron chi connectivity index (χ1n) is 6.79. The number of nitrogen functional groups attached to an aromatic ring is 1. The lowest BCUT2D eigenvalue weighted by Crippen LogP contribution is -2.33. The molecule has 1 rings (SSSR count). The van der Waals surface area contributed by atoms with Gasteiger partial charge in [0.1, 0.15) is 4.90 Å². The molecule has 0 spiro atoms. The van der Waals surface area contributed by atoms with Crippen molar-refractivity contribution in [2.24, 2.45) is 5.92 Å². The quantitative estimate of drug-likeness (QED) is 0.728. The molecule has 4 nitrogen and oxygen atoms in total. The van der Waals surface area contributed by atoms with Crippen molar-refractivity contribution in [3.63, 3.8) is 0 Å². The fourth-order valence-corrected chi connectivity index (χ4v) is 3.75. The van der Waals surface area contributed by atoms with E-state index < -0.39 is 10.0 Å². The van der Waals surface area contributed by atoms with Gasteiger partial charge in [-0.05, 0) is 37.5 Å². The smallest absolute Gasteiger partial charge is 0.242 e. The molecule has 6 heteroatoms. The van der Waals surface area contributed by atoms with Gasteiger partial charge in [0.2, 0.25) is 10.0 Å². The van der Waals surface area contributed by atoms with Gasteiger partial charge in [-0.25, -0.2) is 13.1 Å². The standard InChI is InChI=1S/C14H23BrN2O2S/c1-10(2)5-4-6-11(3)17-20(18,19)14-8-7-12(15)9-13(14)16/h7-11,17H,4-6,16H2,1-3H3. The van der Waals surface area contributed by atoms with Crippen LogP contribution in [0, 0.1) is 5.92 Å². The van der Waals surface area contributed by atoms with Gasteiger partial charge in [0.15, 0.2) is 0 Å². The normalized spacial score (nSPS) is 13.7. The van der Waals surface area contributed by atoms with Crippen molar-refractivity contribution < 1.29 is 8.42 Å². The van der Waals surface area contributed by atoms with Crippen molar-refractivity contribution in [1.29, 1.82) is 0 Å². The van der Waals surface area contributed by atoms with Crippen molar-refractivity contribution in [2.75, 3.05) is 5.73 Å². The summed E-state index contributed by atoms with van der Waals surface area (Å²) in [6.45, 7) is 6.21. The Labute approximate surface area is 130 Å². The second-order valence-corrected chi connectivity index (χ2v) is 8.13. The zero-order chi connectivity index (χ0) is 15.3. The van der Waals surface area contributed by atoms with Gasteiger partial charge in [-0.15, -0.1) is 0 Å². The number of halogens is 1. The topological polar surface area (TPSA) is 72.2 Å². The van der Waals surface area contributed by atoms with Crippen molar-refractivity contribution in [3.8, 4) is 0 Å². The number of hydrogen-bond donors (Lipinski definition) is 2. The van der Waals surface area contributed by atoms with E-state index in [9.17, 15) is 8.42 Å². The lowest BCUT2D eigenvalue weighted by Gasteiger charge is -2.16. The molecule has 0 saturated carbocycles. The summed E-state index contributed by atoms with van der Waals surface area (Å²) in [7, 11) is -3.55. The molecular formula is C14H23BrN2O2S. The molecule has 0 aliphatic rings. The van der Waals surface area contributed by atoms with E-state index in [0.29, 0.717) is 5.92 Å². The lowest BCUT2D eigenvalue weighted by molar-refractivity contribution is 0.488. The molecule has 0 aliphatic carbocycles. The molecule has 3 N–H and O–H groups in total. The van der Waals surface area contributed by atoms with Gasteiger partial charge < -0.3 is 5.73 Å². The van der Waals surface area contributed by atoms with Gasteiger partial charge in [-0.2, -0.15) is 0 Å². The van der Waals surface area contributed by atoms with Crippen LogP contribution < -0.4 is 10.5 Å². The third-order valence-corrected chi connectivity index (χ3v) is 5.19. The molecule has 1 aromatic rings. The fraction of sp³-hybridized carbons (Fsp3) is 0.571. The zero-order valence-corrected chi connectivity index (χ0v) is 14.6. The fourth-order valence-electron chi connectivity index (χ4n) is 1.98. The van der Waals surface area contributed by atoms with Gasteiger partial charge in [0.25, 0.3) is 0 Å². The second kappa shape index (κ2) is 7.43. The van der Waals surface area contributed by atoms with E-state index in [2.05, 4.69) is 34.5 Å². The minimum atomic E-state index is -3.55. The minimum absolute atomic E-state index is 0.0956. The summed E-state index contributed by atoms with van der Waals surface area (Å²) in [5, 5.41) is 0. The number of nitrogens with one attached hydrogen (secondary N) is 1. The zero-order valence-electron chi connectivity index (χ0n) is 12.2. The molecule has 1 unspecified atom stereocenters. The number of benzene rings is 1. The Balaban J connectivity index is 2.69. The van der Waals surface area contributed by atoms with E-state index in [4.69, 9.17) is 5.73 Å². The average molecular weight is 363 g/mol. The van der Waals surface area contributed by atoms with E-state index in [1.165, 1.54) is 6.07 Å². The van der Waals surface area contributed by atoms with E-state index >= 15 is 0 Å². The molecule has 0 saturated heterocycles. The summed E-state index contributed by atoms with van der Waals surface area (Å²) < 4.78 is 28.0. The van der Waals surface area contributed by atoms with Gasteiger partial charge in [0.05, 0.1) is 5.69 Å². The number of hydrogen-bond acceptors (Lipinski definition) is 3. The molecular weight excluding hydrogens is 340 g/mol. The third kappa shape index (κ3) is 5.42. The maximum absolute atomic E-state index is 12.3. The molecule has 1 aromatic carbocycles. The van der Waals surface area contributed by atoms with Gasteiger partial charge >= 0.3 is 0 Å². The van der Waals surface area contributed by atoms with Crippen LogP contribution in [0.4, 0.5) is 5.69 Å². The summed E-state index contributed by atoms with van der Waals surface area (Å²) in [5.41, 5.74) is 6.03. The van der Waals surface area contributed by atoms with E-state index in [0.717, 1.165) is 23.7 Å². The second-order valence-electron chi connectivity index (χ2n) is 5.53. The van der Waals surface area contributed by atoms with Crippen LogP contribution in [0.25, 0.3) is 0 Å². The summed E-state index contributed by atoms with van der Waals surface area (Å²) in [6.07, 6.45) is 2.94. The Morgan fingerprint density at radius 1 is 1.25 bits per heavy atom. The molecule has 0 amide bonds. The first-order valence-corrected chi connectivity index (χ1v) is 9.07. The molecule has 20 heavy (non-hydrogen) atoms. The number of sulfonamides is 1. The van der Waals surface area contributed by atoms with E-state index in [1.54, 1.807) is 12.1 Å². The summed E-state index contributed by atoms with van der Waals surface area (Å²) in [4.78, 5) is 0.136. The van der Waals surface area contributed by atoms with Crippen LogP contribution in [-0.2, 0) is 10.0 Å². The molecule has 0 bridgehead atoms. The largest absolute Gasteiger partial charge is 0.398 e. The number of anilines is 1. The van der Waals surface area contributed by atoms with Crippen molar-refractivity contribution in [3.05, 3.63) is 22.7 Å².